The van der Waals surface area contributed by atoms with E-state index in [-0.39, 0.29) is 22.5 Å². The van der Waals surface area contributed by atoms with Gasteiger partial charge >= 0.3 is 6.09 Å². The Morgan fingerprint density at radius 2 is 1.97 bits per heavy atom. The number of carbonyl (C=O) groups excluding carboxylic acids is 1. The van der Waals surface area contributed by atoms with E-state index < -0.39 is 11.7 Å². The van der Waals surface area contributed by atoms with Crippen LogP contribution in [0, 0.1) is 11.7 Å². The minimum Gasteiger partial charge on any atom is -0.444 e. The van der Waals surface area contributed by atoms with Gasteiger partial charge in [-0.05, 0) is 71.1 Å². The van der Waals surface area contributed by atoms with Crippen LogP contribution in [0.1, 0.15) is 65.4 Å². The Kier molecular flexibility index (Phi) is 7.75. The predicted octanol–water partition coefficient (Wildman–Crippen LogP) is 6.45. The van der Waals surface area contributed by atoms with Crippen molar-refractivity contribution in [1.82, 2.24) is 15.3 Å². The molecule has 2 atom stereocenters. The molecule has 2 aliphatic carbocycles. The standard InChI is InChI=1S/C30H37FN4O3S/c1-19-16-21(32-28(36)38-29(3,4)5)10-11-22(19)27-33-25(17-26(34-27)35-14-15-37-18-20(35)2)30(12-13-30)39-24-9-7-6-8-23(24)31/h6-11,17,19-20H,12-16,18H2,1-5H3,(H,32,36)/t19?,20-/m0/s1. The molecule has 0 radical (unpaired) electrons. The second-order valence-corrected chi connectivity index (χ2v) is 13.1. The lowest BCUT2D eigenvalue weighted by Gasteiger charge is -2.35. The molecule has 1 N–H and O–H groups in total. The first kappa shape index (κ1) is 27.6. The summed E-state index contributed by atoms with van der Waals surface area (Å²) in [6, 6.07) is 9.21. The highest BCUT2D eigenvalue weighted by Gasteiger charge is 2.48. The Balaban J connectivity index is 1.48. The summed E-state index contributed by atoms with van der Waals surface area (Å²) in [6.07, 6.45) is 5.94. The number of allylic oxidation sites excluding steroid dienone is 4. The Morgan fingerprint density at radius 1 is 1.21 bits per heavy atom. The monoisotopic (exact) mass is 552 g/mol. The third kappa shape index (κ3) is 6.47. The second kappa shape index (κ2) is 10.9. The summed E-state index contributed by atoms with van der Waals surface area (Å²) in [5.41, 5.74) is 2.18. The number of ether oxygens (including phenoxy) is 2. The van der Waals surface area contributed by atoms with Crippen LogP contribution in [0.4, 0.5) is 15.0 Å². The highest BCUT2D eigenvalue weighted by atomic mass is 32.2. The van der Waals surface area contributed by atoms with E-state index in [1.807, 2.05) is 45.1 Å². The van der Waals surface area contributed by atoms with Crippen molar-refractivity contribution in [2.45, 2.75) is 75.2 Å². The molecule has 9 heteroatoms. The average Bonchev–Trinajstić information content (AvgIpc) is 3.65. The van der Waals surface area contributed by atoms with E-state index in [1.54, 1.807) is 17.8 Å². The SMILES string of the molecule is CC1CC(NC(=O)OC(C)(C)C)=CC=C1c1nc(N2CCOC[C@@H]2C)cc(C2(Sc3ccccc3F)CC2)n1. The Hall–Kier alpha value is -2.91. The van der Waals surface area contributed by atoms with Crippen LogP contribution in [0.25, 0.3) is 5.57 Å². The maximum atomic E-state index is 14.6. The van der Waals surface area contributed by atoms with Gasteiger partial charge in [0, 0.05) is 28.8 Å². The van der Waals surface area contributed by atoms with Gasteiger partial charge in [0.25, 0.3) is 0 Å². The van der Waals surface area contributed by atoms with E-state index in [2.05, 4.69) is 30.1 Å². The normalized spacial score (nSPS) is 22.6. The van der Waals surface area contributed by atoms with Gasteiger partial charge in [0.15, 0.2) is 5.82 Å². The fourth-order valence-electron chi connectivity index (χ4n) is 4.96. The van der Waals surface area contributed by atoms with Crippen molar-refractivity contribution >= 4 is 29.2 Å². The van der Waals surface area contributed by atoms with Gasteiger partial charge in [0.05, 0.1) is 29.7 Å². The number of aromatic nitrogens is 2. The zero-order chi connectivity index (χ0) is 27.8. The van der Waals surface area contributed by atoms with E-state index in [4.69, 9.17) is 19.4 Å². The number of hydrogen-bond acceptors (Lipinski definition) is 7. The third-order valence-electron chi connectivity index (χ3n) is 7.13. The Labute approximate surface area is 234 Å². The van der Waals surface area contributed by atoms with Gasteiger partial charge in [-0.2, -0.15) is 0 Å². The molecule has 7 nitrogen and oxygen atoms in total. The topological polar surface area (TPSA) is 76.6 Å². The number of thioether (sulfide) groups is 1. The highest BCUT2D eigenvalue weighted by Crippen LogP contribution is 2.59. The quantitative estimate of drug-likeness (QED) is 0.441. The van der Waals surface area contributed by atoms with Crippen LogP contribution in [0.3, 0.4) is 0 Å². The van der Waals surface area contributed by atoms with Crippen LogP contribution in [-0.4, -0.2) is 47.5 Å². The third-order valence-corrected chi connectivity index (χ3v) is 8.69. The van der Waals surface area contributed by atoms with Crippen molar-refractivity contribution < 1.29 is 18.7 Å². The first-order valence-electron chi connectivity index (χ1n) is 13.6. The molecular weight excluding hydrogens is 515 g/mol. The van der Waals surface area contributed by atoms with Crippen LogP contribution in [-0.2, 0) is 14.2 Å². The minimum absolute atomic E-state index is 0.0829. The van der Waals surface area contributed by atoms with E-state index in [1.165, 1.54) is 6.07 Å². The maximum Gasteiger partial charge on any atom is 0.411 e. The molecule has 0 spiro atoms. The largest absolute Gasteiger partial charge is 0.444 e. The number of alkyl carbamates (subject to hydrolysis) is 1. The van der Waals surface area contributed by atoms with Crippen LogP contribution in [0.2, 0.25) is 0 Å². The molecular formula is C30H37FN4O3S. The zero-order valence-electron chi connectivity index (χ0n) is 23.3. The summed E-state index contributed by atoms with van der Waals surface area (Å²) in [4.78, 5) is 25.4. The highest BCUT2D eigenvalue weighted by molar-refractivity contribution is 8.00. The molecule has 208 valence electrons. The number of hydrogen-bond donors (Lipinski definition) is 1. The number of nitrogens with one attached hydrogen (secondary N) is 1. The average molecular weight is 553 g/mol. The lowest BCUT2D eigenvalue weighted by molar-refractivity contribution is 0.0543. The number of morpholine rings is 1. The fraction of sp³-hybridized carbons (Fsp3) is 0.500. The first-order valence-corrected chi connectivity index (χ1v) is 14.4. The molecule has 1 saturated carbocycles. The number of anilines is 1. The molecule has 2 fully saturated rings. The molecule has 2 aromatic rings. The Morgan fingerprint density at radius 3 is 2.64 bits per heavy atom. The van der Waals surface area contributed by atoms with E-state index >= 15 is 0 Å². The van der Waals surface area contributed by atoms with Crippen molar-refractivity contribution in [1.29, 1.82) is 0 Å². The molecule has 2 heterocycles. The molecule has 1 aromatic carbocycles. The summed E-state index contributed by atoms with van der Waals surface area (Å²) in [5, 5.41) is 2.88. The van der Waals surface area contributed by atoms with Crippen LogP contribution < -0.4 is 10.2 Å². The Bertz CT molecular complexity index is 1300. The molecule has 3 aliphatic rings. The van der Waals surface area contributed by atoms with Crippen molar-refractivity contribution in [3.63, 3.8) is 0 Å². The number of amides is 1. The van der Waals surface area contributed by atoms with E-state index in [9.17, 15) is 9.18 Å². The van der Waals surface area contributed by atoms with Crippen molar-refractivity contribution in [2.75, 3.05) is 24.7 Å². The number of carbonyl (C=O) groups is 1. The summed E-state index contributed by atoms with van der Waals surface area (Å²) >= 11 is 1.56. The maximum absolute atomic E-state index is 14.6. The number of rotatable bonds is 6. The molecule has 0 bridgehead atoms. The van der Waals surface area contributed by atoms with Crippen molar-refractivity contribution in [3.8, 4) is 0 Å². The number of halogens is 1. The van der Waals surface area contributed by atoms with Gasteiger partial charge in [0.1, 0.15) is 17.2 Å². The van der Waals surface area contributed by atoms with Gasteiger partial charge in [-0.1, -0.05) is 25.1 Å². The van der Waals surface area contributed by atoms with Crippen LogP contribution >= 0.6 is 11.8 Å². The van der Waals surface area contributed by atoms with Gasteiger partial charge in [-0.25, -0.2) is 19.2 Å². The predicted molar refractivity (Wildman–Crippen MR) is 152 cm³/mol. The summed E-state index contributed by atoms with van der Waals surface area (Å²) in [7, 11) is 0. The van der Waals surface area contributed by atoms with Crippen molar-refractivity contribution in [2.24, 2.45) is 5.92 Å². The van der Waals surface area contributed by atoms with Gasteiger partial charge in [-0.3, -0.25) is 5.32 Å². The number of nitrogens with zero attached hydrogens (tertiary/aromatic N) is 3. The second-order valence-electron chi connectivity index (χ2n) is 11.6. The molecule has 1 amide bonds. The molecule has 39 heavy (non-hydrogen) atoms. The summed E-state index contributed by atoms with van der Waals surface area (Å²) in [5.74, 6) is 1.44. The van der Waals surface area contributed by atoms with Crippen LogP contribution in [0.15, 0.2) is 53.1 Å². The van der Waals surface area contributed by atoms with Gasteiger partial charge in [-0.15, -0.1) is 11.8 Å². The van der Waals surface area contributed by atoms with E-state index in [0.717, 1.165) is 42.2 Å². The molecule has 1 aromatic heterocycles. The van der Waals surface area contributed by atoms with Gasteiger partial charge < -0.3 is 14.4 Å². The molecule has 1 saturated heterocycles. The molecule has 5 rings (SSSR count). The van der Waals surface area contributed by atoms with Gasteiger partial charge in [0.2, 0.25) is 0 Å². The fourth-order valence-corrected chi connectivity index (χ4v) is 6.21. The lowest BCUT2D eigenvalue weighted by Crippen LogP contribution is -2.44. The van der Waals surface area contributed by atoms with Crippen molar-refractivity contribution in [3.05, 3.63) is 65.5 Å². The summed E-state index contributed by atoms with van der Waals surface area (Å²) < 4.78 is 25.4. The first-order chi connectivity index (χ1) is 18.5. The lowest BCUT2D eigenvalue weighted by atomic mass is 9.90. The number of benzene rings is 1. The minimum atomic E-state index is -0.563. The zero-order valence-corrected chi connectivity index (χ0v) is 24.1. The molecule has 1 aliphatic heterocycles. The van der Waals surface area contributed by atoms with Crippen LogP contribution in [0.5, 0.6) is 0 Å². The molecule has 1 unspecified atom stereocenters. The smallest absolute Gasteiger partial charge is 0.411 e. The summed E-state index contributed by atoms with van der Waals surface area (Å²) in [6.45, 7) is 11.8. The van der Waals surface area contributed by atoms with E-state index in [0.29, 0.717) is 30.4 Å².